The summed E-state index contributed by atoms with van der Waals surface area (Å²) in [5.74, 6) is 2.73. The van der Waals surface area contributed by atoms with E-state index in [1.54, 1.807) is 4.90 Å². The summed E-state index contributed by atoms with van der Waals surface area (Å²) in [5, 5.41) is 4.10. The van der Waals surface area contributed by atoms with Crippen LogP contribution in [0.3, 0.4) is 0 Å². The Bertz CT molecular complexity index is 1060. The van der Waals surface area contributed by atoms with E-state index in [9.17, 15) is 4.79 Å². The summed E-state index contributed by atoms with van der Waals surface area (Å²) < 4.78 is 16.2. The largest absolute Gasteiger partial charge is 0.454 e. The molecule has 2 aliphatic rings. The topological polar surface area (TPSA) is 77.7 Å². The summed E-state index contributed by atoms with van der Waals surface area (Å²) in [7, 11) is 0. The molecular formula is C22H21N3O4. The van der Waals surface area contributed by atoms with Gasteiger partial charge in [0.15, 0.2) is 11.5 Å². The molecule has 0 spiro atoms. The quantitative estimate of drug-likeness (QED) is 0.666. The smallest absolute Gasteiger partial charge is 0.232 e. The molecule has 3 aromatic rings. The minimum absolute atomic E-state index is 0.0649. The van der Waals surface area contributed by atoms with E-state index in [0.717, 1.165) is 11.3 Å². The van der Waals surface area contributed by atoms with Crippen molar-refractivity contribution in [3.63, 3.8) is 0 Å². The number of ether oxygens (including phenoxy) is 2. The van der Waals surface area contributed by atoms with Crippen LogP contribution in [-0.2, 0) is 4.79 Å². The molecule has 148 valence electrons. The van der Waals surface area contributed by atoms with Crippen molar-refractivity contribution in [2.45, 2.75) is 32.1 Å². The van der Waals surface area contributed by atoms with Crippen molar-refractivity contribution in [2.24, 2.45) is 0 Å². The second kappa shape index (κ2) is 6.92. The predicted molar refractivity (Wildman–Crippen MR) is 106 cm³/mol. The van der Waals surface area contributed by atoms with E-state index >= 15 is 0 Å². The molecule has 1 amide bonds. The molecular weight excluding hydrogens is 370 g/mol. The van der Waals surface area contributed by atoms with Crippen molar-refractivity contribution in [1.29, 1.82) is 0 Å². The maximum Gasteiger partial charge on any atom is 0.232 e. The lowest BCUT2D eigenvalue weighted by atomic mass is 10.0. The number of fused-ring (bicyclic) bond motifs is 1. The Labute approximate surface area is 168 Å². The number of hydrogen-bond acceptors (Lipinski definition) is 6. The fourth-order valence-electron chi connectivity index (χ4n) is 3.72. The molecule has 5 rings (SSSR count). The van der Waals surface area contributed by atoms with Crippen molar-refractivity contribution in [2.75, 3.05) is 18.2 Å². The van der Waals surface area contributed by atoms with Crippen LogP contribution in [-0.4, -0.2) is 29.4 Å². The zero-order valence-corrected chi connectivity index (χ0v) is 16.3. The van der Waals surface area contributed by atoms with Crippen molar-refractivity contribution < 1.29 is 18.8 Å². The molecule has 1 fully saturated rings. The van der Waals surface area contributed by atoms with Gasteiger partial charge in [-0.25, -0.2) is 0 Å². The third-order valence-corrected chi connectivity index (χ3v) is 5.42. The van der Waals surface area contributed by atoms with Gasteiger partial charge in [0.2, 0.25) is 24.4 Å². The third-order valence-electron chi connectivity index (χ3n) is 5.42. The minimum Gasteiger partial charge on any atom is -0.454 e. The first-order valence-corrected chi connectivity index (χ1v) is 9.72. The number of anilines is 1. The van der Waals surface area contributed by atoms with Crippen LogP contribution in [0, 0.1) is 0 Å². The molecule has 7 heteroatoms. The molecule has 0 saturated carbocycles. The molecule has 0 unspecified atom stereocenters. The van der Waals surface area contributed by atoms with Gasteiger partial charge >= 0.3 is 0 Å². The van der Waals surface area contributed by atoms with Crippen LogP contribution < -0.4 is 14.4 Å². The van der Waals surface area contributed by atoms with Crippen LogP contribution in [0.2, 0.25) is 0 Å². The number of carbonyl (C=O) groups is 1. The number of aromatic nitrogens is 2. The van der Waals surface area contributed by atoms with Gasteiger partial charge in [-0.3, -0.25) is 4.79 Å². The second-order valence-electron chi connectivity index (χ2n) is 7.68. The van der Waals surface area contributed by atoms with Crippen LogP contribution in [0.5, 0.6) is 11.5 Å². The zero-order chi connectivity index (χ0) is 20.0. The highest BCUT2D eigenvalue weighted by Gasteiger charge is 2.35. The van der Waals surface area contributed by atoms with Crippen LogP contribution >= 0.6 is 0 Å². The van der Waals surface area contributed by atoms with E-state index in [2.05, 4.69) is 36.1 Å². The molecule has 1 atom stereocenters. The van der Waals surface area contributed by atoms with E-state index in [0.29, 0.717) is 42.1 Å². The lowest BCUT2D eigenvalue weighted by Crippen LogP contribution is -2.24. The number of rotatable bonds is 4. The Morgan fingerprint density at radius 3 is 2.66 bits per heavy atom. The number of benzene rings is 2. The van der Waals surface area contributed by atoms with E-state index in [4.69, 9.17) is 14.0 Å². The zero-order valence-electron chi connectivity index (χ0n) is 16.3. The van der Waals surface area contributed by atoms with Crippen LogP contribution in [0.4, 0.5) is 5.69 Å². The summed E-state index contributed by atoms with van der Waals surface area (Å²) in [6.45, 7) is 5.05. The highest BCUT2D eigenvalue weighted by molar-refractivity contribution is 5.96. The monoisotopic (exact) mass is 391 g/mol. The summed E-state index contributed by atoms with van der Waals surface area (Å²) in [4.78, 5) is 18.9. The average Bonchev–Trinajstić information content (AvgIpc) is 3.46. The molecule has 0 radical (unpaired) electrons. The van der Waals surface area contributed by atoms with E-state index in [-0.39, 0.29) is 18.6 Å². The van der Waals surface area contributed by atoms with E-state index in [1.807, 2.05) is 30.3 Å². The number of amides is 1. The molecule has 1 saturated heterocycles. The van der Waals surface area contributed by atoms with Crippen molar-refractivity contribution in [3.05, 3.63) is 53.9 Å². The lowest BCUT2D eigenvalue weighted by molar-refractivity contribution is -0.117. The van der Waals surface area contributed by atoms with Gasteiger partial charge in [-0.05, 0) is 41.8 Å². The van der Waals surface area contributed by atoms with Crippen molar-refractivity contribution in [3.8, 4) is 22.9 Å². The molecule has 0 N–H and O–H groups in total. The summed E-state index contributed by atoms with van der Waals surface area (Å²) >= 11 is 0. The van der Waals surface area contributed by atoms with Gasteiger partial charge < -0.3 is 18.9 Å². The number of hydrogen-bond donors (Lipinski definition) is 0. The van der Waals surface area contributed by atoms with E-state index < -0.39 is 0 Å². The molecule has 2 aliphatic heterocycles. The van der Waals surface area contributed by atoms with Crippen molar-refractivity contribution >= 4 is 11.6 Å². The highest BCUT2D eigenvalue weighted by Crippen LogP contribution is 2.36. The molecule has 29 heavy (non-hydrogen) atoms. The fraction of sp³-hybridized carbons (Fsp3) is 0.318. The van der Waals surface area contributed by atoms with Gasteiger partial charge in [0.05, 0.1) is 5.92 Å². The van der Waals surface area contributed by atoms with Gasteiger partial charge in [-0.1, -0.05) is 31.1 Å². The minimum atomic E-state index is -0.123. The molecule has 3 heterocycles. The highest BCUT2D eigenvalue weighted by atomic mass is 16.7. The maximum atomic E-state index is 12.6. The average molecular weight is 391 g/mol. The summed E-state index contributed by atoms with van der Waals surface area (Å²) in [6, 6.07) is 13.7. The molecule has 7 nitrogen and oxygen atoms in total. The summed E-state index contributed by atoms with van der Waals surface area (Å²) in [5.41, 5.74) is 2.94. The first-order chi connectivity index (χ1) is 14.1. The predicted octanol–water partition coefficient (Wildman–Crippen LogP) is 4.11. The molecule has 0 aliphatic carbocycles. The van der Waals surface area contributed by atoms with Crippen LogP contribution in [0.15, 0.2) is 47.0 Å². The Morgan fingerprint density at radius 1 is 1.07 bits per heavy atom. The molecule has 2 aromatic carbocycles. The van der Waals surface area contributed by atoms with Gasteiger partial charge in [-0.2, -0.15) is 4.98 Å². The third kappa shape index (κ3) is 3.22. The summed E-state index contributed by atoms with van der Waals surface area (Å²) in [6.07, 6.45) is 0.356. The van der Waals surface area contributed by atoms with Gasteiger partial charge in [-0.15, -0.1) is 0 Å². The van der Waals surface area contributed by atoms with Crippen molar-refractivity contribution in [1.82, 2.24) is 10.1 Å². The first kappa shape index (κ1) is 17.7. The van der Waals surface area contributed by atoms with E-state index in [1.165, 1.54) is 5.56 Å². The second-order valence-corrected chi connectivity index (χ2v) is 7.68. The van der Waals surface area contributed by atoms with Gasteiger partial charge in [0, 0.05) is 24.2 Å². The van der Waals surface area contributed by atoms with Crippen LogP contribution in [0.1, 0.15) is 43.6 Å². The fourth-order valence-corrected chi connectivity index (χ4v) is 3.72. The number of carbonyl (C=O) groups excluding carboxylic acids is 1. The van der Waals surface area contributed by atoms with Gasteiger partial charge in [0.1, 0.15) is 0 Å². The van der Waals surface area contributed by atoms with Gasteiger partial charge in [0.25, 0.3) is 0 Å². The standard InChI is InChI=1S/C22H21N3O4/c1-13(2)14-3-6-17(7-4-14)25-11-16(10-20(25)26)22-23-21(24-29-22)15-5-8-18-19(9-15)28-12-27-18/h3-9,13,16H,10-12H2,1-2H3/t16-/m0/s1. The Morgan fingerprint density at radius 2 is 1.86 bits per heavy atom. The Hall–Kier alpha value is -3.35. The SMILES string of the molecule is CC(C)c1ccc(N2C[C@@H](c3nc(-c4ccc5c(c4)OCO5)no3)CC2=O)cc1. The normalized spacial score (nSPS) is 18.1. The lowest BCUT2D eigenvalue weighted by Gasteiger charge is -2.17. The first-order valence-electron chi connectivity index (χ1n) is 9.72. The molecule has 1 aromatic heterocycles. The van der Waals surface area contributed by atoms with Crippen LogP contribution in [0.25, 0.3) is 11.4 Å². The number of nitrogens with zero attached hydrogens (tertiary/aromatic N) is 3. The Kier molecular flexibility index (Phi) is 4.23. The molecule has 0 bridgehead atoms. The Balaban J connectivity index is 1.34. The maximum absolute atomic E-state index is 12.6.